The summed E-state index contributed by atoms with van der Waals surface area (Å²) < 4.78 is 0. The van der Waals surface area contributed by atoms with Crippen molar-refractivity contribution in [2.24, 2.45) is 5.92 Å². The number of hydrogen-bond acceptors (Lipinski definition) is 3. The van der Waals surface area contributed by atoms with Gasteiger partial charge in [0.05, 0.1) is 0 Å². The summed E-state index contributed by atoms with van der Waals surface area (Å²) in [5, 5.41) is 5.79. The van der Waals surface area contributed by atoms with Crippen LogP contribution in [0, 0.1) is 5.92 Å². The second-order valence-corrected chi connectivity index (χ2v) is 6.96. The second kappa shape index (κ2) is 10.4. The monoisotopic (exact) mass is 367 g/mol. The van der Waals surface area contributed by atoms with Crippen LogP contribution in [-0.4, -0.2) is 38.0 Å². The van der Waals surface area contributed by atoms with Gasteiger partial charge in [0.25, 0.3) is 5.91 Å². The lowest BCUT2D eigenvalue weighted by Gasteiger charge is -2.23. The molecule has 0 saturated carbocycles. The molecule has 0 unspecified atom stereocenters. The summed E-state index contributed by atoms with van der Waals surface area (Å²) in [5.41, 5.74) is 1.71. The van der Waals surface area contributed by atoms with Crippen molar-refractivity contribution in [1.29, 1.82) is 0 Å². The number of anilines is 1. The first-order chi connectivity index (χ1) is 13.0. The van der Waals surface area contributed by atoms with Gasteiger partial charge in [-0.3, -0.25) is 9.59 Å². The molecule has 0 aromatic heterocycles. The molecule has 1 atom stereocenters. The summed E-state index contributed by atoms with van der Waals surface area (Å²) in [6.45, 7) is 5.27. The fourth-order valence-corrected chi connectivity index (χ4v) is 2.80. The number of nitrogens with zero attached hydrogens (tertiary/aromatic N) is 1. The van der Waals surface area contributed by atoms with E-state index in [0.29, 0.717) is 12.1 Å². The molecule has 144 valence electrons. The van der Waals surface area contributed by atoms with Gasteiger partial charge < -0.3 is 15.5 Å². The summed E-state index contributed by atoms with van der Waals surface area (Å²) in [5.74, 6) is -0.366. The Morgan fingerprint density at radius 1 is 0.963 bits per heavy atom. The fourth-order valence-electron chi connectivity index (χ4n) is 2.80. The number of para-hydroxylation sites is 1. The van der Waals surface area contributed by atoms with Gasteiger partial charge in [-0.2, -0.15) is 0 Å². The van der Waals surface area contributed by atoms with E-state index in [9.17, 15) is 9.59 Å². The summed E-state index contributed by atoms with van der Waals surface area (Å²) in [6.07, 6.45) is 0.828. The molecular formula is C22H29N3O2. The van der Waals surface area contributed by atoms with Gasteiger partial charge in [-0.15, -0.1) is 0 Å². The first kappa shape index (κ1) is 20.5. The predicted octanol–water partition coefficient (Wildman–Crippen LogP) is 3.08. The summed E-state index contributed by atoms with van der Waals surface area (Å²) in [7, 11) is 2.04. The van der Waals surface area contributed by atoms with Crippen LogP contribution < -0.4 is 15.5 Å². The molecule has 2 aromatic rings. The van der Waals surface area contributed by atoms with Crippen molar-refractivity contribution >= 4 is 17.5 Å². The van der Waals surface area contributed by atoms with Gasteiger partial charge >= 0.3 is 0 Å². The van der Waals surface area contributed by atoms with Gasteiger partial charge in [0, 0.05) is 31.4 Å². The standard InChI is InChI=1S/C22H29N3O2/c1-17(2)20(24-21(26)18-11-6-4-7-12-18)22(27)23-15-10-16-25(3)19-13-8-5-9-14-19/h4-9,11-14,17,20H,10,15-16H2,1-3H3,(H,23,27)(H,24,26)/t20-/m0/s1. The minimum Gasteiger partial charge on any atom is -0.375 e. The molecule has 0 spiro atoms. The maximum absolute atomic E-state index is 12.5. The maximum Gasteiger partial charge on any atom is 0.251 e. The van der Waals surface area contributed by atoms with Crippen LogP contribution in [0.2, 0.25) is 0 Å². The Balaban J connectivity index is 1.80. The van der Waals surface area contributed by atoms with Crippen molar-refractivity contribution in [1.82, 2.24) is 10.6 Å². The highest BCUT2D eigenvalue weighted by Gasteiger charge is 2.24. The Labute approximate surface area is 161 Å². The van der Waals surface area contributed by atoms with Gasteiger partial charge in [0.15, 0.2) is 0 Å². The van der Waals surface area contributed by atoms with E-state index >= 15 is 0 Å². The van der Waals surface area contributed by atoms with Crippen molar-refractivity contribution in [3.63, 3.8) is 0 Å². The Morgan fingerprint density at radius 2 is 1.56 bits per heavy atom. The SMILES string of the molecule is CC(C)[C@H](NC(=O)c1ccccc1)C(=O)NCCCN(C)c1ccccc1. The smallest absolute Gasteiger partial charge is 0.251 e. The summed E-state index contributed by atoms with van der Waals surface area (Å²) in [4.78, 5) is 27.0. The van der Waals surface area contributed by atoms with E-state index in [0.717, 1.165) is 18.7 Å². The van der Waals surface area contributed by atoms with Crippen molar-refractivity contribution < 1.29 is 9.59 Å². The normalized spacial score (nSPS) is 11.7. The molecule has 2 rings (SSSR count). The number of hydrogen-bond donors (Lipinski definition) is 2. The zero-order valence-electron chi connectivity index (χ0n) is 16.3. The topological polar surface area (TPSA) is 61.4 Å². The minimum absolute atomic E-state index is 0.00431. The third-order valence-electron chi connectivity index (χ3n) is 4.44. The van der Waals surface area contributed by atoms with Crippen LogP contribution in [-0.2, 0) is 4.79 Å². The maximum atomic E-state index is 12.5. The second-order valence-electron chi connectivity index (χ2n) is 6.96. The van der Waals surface area contributed by atoms with Crippen LogP contribution in [0.15, 0.2) is 60.7 Å². The average molecular weight is 367 g/mol. The summed E-state index contributed by atoms with van der Waals surface area (Å²) >= 11 is 0. The van der Waals surface area contributed by atoms with Crippen LogP contribution in [0.25, 0.3) is 0 Å². The minimum atomic E-state index is -0.551. The first-order valence-electron chi connectivity index (χ1n) is 9.39. The van der Waals surface area contributed by atoms with E-state index in [-0.39, 0.29) is 17.7 Å². The number of rotatable bonds is 9. The zero-order chi connectivity index (χ0) is 19.6. The summed E-state index contributed by atoms with van der Waals surface area (Å²) in [6, 6.07) is 18.5. The largest absolute Gasteiger partial charge is 0.375 e. The highest BCUT2D eigenvalue weighted by molar-refractivity contribution is 5.97. The Kier molecular flexibility index (Phi) is 7.86. The molecule has 0 heterocycles. The molecule has 2 N–H and O–H groups in total. The van der Waals surface area contributed by atoms with E-state index in [4.69, 9.17) is 0 Å². The molecule has 0 saturated heterocycles. The van der Waals surface area contributed by atoms with E-state index in [1.807, 2.05) is 57.3 Å². The van der Waals surface area contributed by atoms with Crippen molar-refractivity contribution in [2.75, 3.05) is 25.0 Å². The lowest BCUT2D eigenvalue weighted by molar-refractivity contribution is -0.123. The lowest BCUT2D eigenvalue weighted by atomic mass is 10.0. The molecular weight excluding hydrogens is 338 g/mol. The number of nitrogens with one attached hydrogen (secondary N) is 2. The Morgan fingerprint density at radius 3 is 2.15 bits per heavy atom. The molecule has 5 heteroatoms. The van der Waals surface area contributed by atoms with Crippen LogP contribution >= 0.6 is 0 Å². The first-order valence-corrected chi connectivity index (χ1v) is 9.39. The highest BCUT2D eigenvalue weighted by Crippen LogP contribution is 2.11. The van der Waals surface area contributed by atoms with Crippen molar-refractivity contribution in [2.45, 2.75) is 26.3 Å². The van der Waals surface area contributed by atoms with Gasteiger partial charge in [-0.25, -0.2) is 0 Å². The Bertz CT molecular complexity index is 717. The van der Waals surface area contributed by atoms with E-state index in [2.05, 4.69) is 27.7 Å². The van der Waals surface area contributed by atoms with Gasteiger partial charge in [-0.1, -0.05) is 50.2 Å². The quantitative estimate of drug-likeness (QED) is 0.670. The molecule has 0 bridgehead atoms. The van der Waals surface area contributed by atoms with Gasteiger partial charge in [-0.05, 0) is 36.6 Å². The zero-order valence-corrected chi connectivity index (χ0v) is 16.3. The number of benzene rings is 2. The third kappa shape index (κ3) is 6.44. The van der Waals surface area contributed by atoms with Crippen LogP contribution in [0.1, 0.15) is 30.6 Å². The Hall–Kier alpha value is -2.82. The molecule has 0 aliphatic carbocycles. The van der Waals surface area contributed by atoms with Crippen LogP contribution in [0.5, 0.6) is 0 Å². The van der Waals surface area contributed by atoms with Crippen molar-refractivity contribution in [3.05, 3.63) is 66.2 Å². The van der Waals surface area contributed by atoms with Crippen LogP contribution in [0.3, 0.4) is 0 Å². The lowest BCUT2D eigenvalue weighted by Crippen LogP contribution is -2.50. The molecule has 0 radical (unpaired) electrons. The number of amides is 2. The average Bonchev–Trinajstić information content (AvgIpc) is 2.70. The van der Waals surface area contributed by atoms with E-state index in [1.54, 1.807) is 12.1 Å². The number of carbonyl (C=O) groups excluding carboxylic acids is 2. The molecule has 5 nitrogen and oxygen atoms in total. The van der Waals surface area contributed by atoms with E-state index < -0.39 is 6.04 Å². The van der Waals surface area contributed by atoms with Crippen LogP contribution in [0.4, 0.5) is 5.69 Å². The molecule has 0 aliphatic heterocycles. The highest BCUT2D eigenvalue weighted by atomic mass is 16.2. The fraction of sp³-hybridized carbons (Fsp3) is 0.364. The predicted molar refractivity (Wildman–Crippen MR) is 110 cm³/mol. The molecule has 27 heavy (non-hydrogen) atoms. The van der Waals surface area contributed by atoms with Gasteiger partial charge in [0.2, 0.25) is 5.91 Å². The number of carbonyl (C=O) groups is 2. The van der Waals surface area contributed by atoms with E-state index in [1.165, 1.54) is 0 Å². The molecule has 0 fully saturated rings. The van der Waals surface area contributed by atoms with Gasteiger partial charge in [0.1, 0.15) is 6.04 Å². The molecule has 2 amide bonds. The molecule has 2 aromatic carbocycles. The molecule has 0 aliphatic rings. The third-order valence-corrected chi connectivity index (χ3v) is 4.44. The van der Waals surface area contributed by atoms with Crippen molar-refractivity contribution in [3.8, 4) is 0 Å².